The van der Waals surface area contributed by atoms with Gasteiger partial charge in [0, 0.05) is 6.07 Å². The molecule has 5 nitrogen and oxygen atoms in total. The largest absolute Gasteiger partial charge is 0.497 e. The summed E-state index contributed by atoms with van der Waals surface area (Å²) in [5.41, 5.74) is -0.911. The van der Waals surface area contributed by atoms with E-state index in [1.807, 2.05) is 0 Å². The Morgan fingerprint density at radius 2 is 1.95 bits per heavy atom. The molecule has 20 heavy (non-hydrogen) atoms. The van der Waals surface area contributed by atoms with Crippen molar-refractivity contribution in [3.05, 3.63) is 29.6 Å². The number of carbonyl (C=O) groups is 2. The number of carbonyl (C=O) groups excluding carboxylic acids is 1. The summed E-state index contributed by atoms with van der Waals surface area (Å²) in [5, 5.41) is 11.5. The van der Waals surface area contributed by atoms with E-state index in [0.717, 1.165) is 6.07 Å². The smallest absolute Gasteiger partial charge is 0.326 e. The summed E-state index contributed by atoms with van der Waals surface area (Å²) >= 11 is 0. The standard InChI is InChI=1S/C14H18FNO4/c1-14(2,3)11(13(18)19)16-12(17)9-6-5-8(20-4)7-10(9)15/h5-7,11H,1-4H3,(H,16,17)(H,18,19)/t11-/m1/s1. The van der Waals surface area contributed by atoms with Crippen LogP contribution in [0.1, 0.15) is 31.1 Å². The van der Waals surface area contributed by atoms with Crippen molar-refractivity contribution in [3.8, 4) is 5.75 Å². The van der Waals surface area contributed by atoms with E-state index in [-0.39, 0.29) is 11.3 Å². The maximum atomic E-state index is 13.7. The van der Waals surface area contributed by atoms with E-state index in [2.05, 4.69) is 5.32 Å². The van der Waals surface area contributed by atoms with Crippen LogP contribution in [0.15, 0.2) is 18.2 Å². The monoisotopic (exact) mass is 283 g/mol. The van der Waals surface area contributed by atoms with Crippen molar-refractivity contribution in [2.24, 2.45) is 5.41 Å². The highest BCUT2D eigenvalue weighted by molar-refractivity contribution is 5.97. The number of methoxy groups -OCH3 is 1. The number of nitrogens with one attached hydrogen (secondary N) is 1. The molecule has 0 spiro atoms. The van der Waals surface area contributed by atoms with Crippen LogP contribution in [-0.4, -0.2) is 30.1 Å². The van der Waals surface area contributed by atoms with E-state index in [0.29, 0.717) is 0 Å². The van der Waals surface area contributed by atoms with Crippen molar-refractivity contribution >= 4 is 11.9 Å². The fourth-order valence-corrected chi connectivity index (χ4v) is 1.66. The Morgan fingerprint density at radius 1 is 1.35 bits per heavy atom. The minimum absolute atomic E-state index is 0.221. The fraction of sp³-hybridized carbons (Fsp3) is 0.429. The number of benzene rings is 1. The zero-order chi connectivity index (χ0) is 15.5. The molecule has 1 atom stereocenters. The summed E-state index contributed by atoms with van der Waals surface area (Å²) in [4.78, 5) is 23.1. The Labute approximate surface area is 116 Å². The minimum Gasteiger partial charge on any atom is -0.497 e. The average Bonchev–Trinajstić information content (AvgIpc) is 2.33. The van der Waals surface area contributed by atoms with Gasteiger partial charge in [0.05, 0.1) is 12.7 Å². The number of hydrogen-bond donors (Lipinski definition) is 2. The molecule has 0 heterocycles. The quantitative estimate of drug-likeness (QED) is 0.887. The molecule has 1 rings (SSSR count). The lowest BCUT2D eigenvalue weighted by Gasteiger charge is -2.27. The Hall–Kier alpha value is -2.11. The molecule has 1 aromatic rings. The maximum Gasteiger partial charge on any atom is 0.326 e. The molecule has 0 radical (unpaired) electrons. The first-order valence-electron chi connectivity index (χ1n) is 6.04. The fourth-order valence-electron chi connectivity index (χ4n) is 1.66. The van der Waals surface area contributed by atoms with Gasteiger partial charge in [-0.3, -0.25) is 4.79 Å². The molecular weight excluding hydrogens is 265 g/mol. The molecule has 2 N–H and O–H groups in total. The third-order valence-corrected chi connectivity index (χ3v) is 2.81. The molecule has 0 saturated carbocycles. The molecule has 0 bridgehead atoms. The molecule has 0 aliphatic carbocycles. The zero-order valence-electron chi connectivity index (χ0n) is 11.9. The summed E-state index contributed by atoms with van der Waals surface area (Å²) in [6, 6.07) is 2.65. The first-order valence-corrected chi connectivity index (χ1v) is 6.04. The molecular formula is C14H18FNO4. The van der Waals surface area contributed by atoms with E-state index in [9.17, 15) is 14.0 Å². The van der Waals surface area contributed by atoms with Gasteiger partial charge >= 0.3 is 5.97 Å². The van der Waals surface area contributed by atoms with Gasteiger partial charge in [-0.1, -0.05) is 20.8 Å². The molecule has 110 valence electrons. The van der Waals surface area contributed by atoms with E-state index in [4.69, 9.17) is 9.84 Å². The number of carboxylic acids is 1. The van der Waals surface area contributed by atoms with Gasteiger partial charge in [-0.15, -0.1) is 0 Å². The van der Waals surface area contributed by atoms with Gasteiger partial charge in [-0.05, 0) is 17.5 Å². The zero-order valence-corrected chi connectivity index (χ0v) is 11.9. The van der Waals surface area contributed by atoms with Crippen LogP contribution in [-0.2, 0) is 4.79 Å². The number of halogens is 1. The van der Waals surface area contributed by atoms with E-state index in [1.54, 1.807) is 20.8 Å². The van der Waals surface area contributed by atoms with Crippen molar-refractivity contribution < 1.29 is 23.8 Å². The number of aliphatic carboxylic acids is 1. The average molecular weight is 283 g/mol. The molecule has 0 aliphatic heterocycles. The Bertz CT molecular complexity index is 522. The van der Waals surface area contributed by atoms with E-state index >= 15 is 0 Å². The number of hydrogen-bond acceptors (Lipinski definition) is 3. The predicted molar refractivity (Wildman–Crippen MR) is 71.3 cm³/mol. The van der Waals surface area contributed by atoms with Crippen LogP contribution >= 0.6 is 0 Å². The second-order valence-corrected chi connectivity index (χ2v) is 5.46. The van der Waals surface area contributed by atoms with Crippen molar-refractivity contribution in [1.82, 2.24) is 5.32 Å². The highest BCUT2D eigenvalue weighted by atomic mass is 19.1. The Balaban J connectivity index is 2.98. The molecule has 0 fully saturated rings. The second-order valence-electron chi connectivity index (χ2n) is 5.46. The van der Waals surface area contributed by atoms with Crippen molar-refractivity contribution in [3.63, 3.8) is 0 Å². The lowest BCUT2D eigenvalue weighted by atomic mass is 9.86. The van der Waals surface area contributed by atoms with E-state index in [1.165, 1.54) is 19.2 Å². The third-order valence-electron chi connectivity index (χ3n) is 2.81. The topological polar surface area (TPSA) is 75.6 Å². The number of amides is 1. The van der Waals surface area contributed by atoms with Crippen LogP contribution in [0.25, 0.3) is 0 Å². The predicted octanol–water partition coefficient (Wildman–Crippen LogP) is 2.06. The van der Waals surface area contributed by atoms with Gasteiger partial charge in [0.1, 0.15) is 17.6 Å². The van der Waals surface area contributed by atoms with Crippen molar-refractivity contribution in [1.29, 1.82) is 0 Å². The molecule has 1 amide bonds. The molecule has 6 heteroatoms. The first-order chi connectivity index (χ1) is 9.16. The maximum absolute atomic E-state index is 13.7. The van der Waals surface area contributed by atoms with Gasteiger partial charge < -0.3 is 15.2 Å². The van der Waals surface area contributed by atoms with Crippen molar-refractivity contribution in [2.75, 3.05) is 7.11 Å². The van der Waals surface area contributed by atoms with Crippen LogP contribution in [0.2, 0.25) is 0 Å². The van der Waals surface area contributed by atoms with Gasteiger partial charge in [-0.25, -0.2) is 9.18 Å². The van der Waals surface area contributed by atoms with Crippen LogP contribution in [0.4, 0.5) is 4.39 Å². The Kier molecular flexibility index (Phi) is 4.70. The number of ether oxygens (including phenoxy) is 1. The second kappa shape index (κ2) is 5.90. The SMILES string of the molecule is COc1ccc(C(=O)N[C@H](C(=O)O)C(C)(C)C)c(F)c1. The van der Waals surface area contributed by atoms with Gasteiger partial charge in [0.15, 0.2) is 0 Å². The molecule has 0 aliphatic rings. The number of rotatable bonds is 4. The molecule has 0 saturated heterocycles. The Morgan fingerprint density at radius 3 is 2.35 bits per heavy atom. The summed E-state index contributed by atoms with van der Waals surface area (Å²) in [5.74, 6) is -2.42. The summed E-state index contributed by atoms with van der Waals surface area (Å²) in [6.07, 6.45) is 0. The summed E-state index contributed by atoms with van der Waals surface area (Å²) in [6.45, 7) is 5.03. The lowest BCUT2D eigenvalue weighted by molar-refractivity contribution is -0.142. The normalized spacial score (nSPS) is 12.7. The summed E-state index contributed by atoms with van der Waals surface area (Å²) in [7, 11) is 1.38. The highest BCUT2D eigenvalue weighted by Crippen LogP contribution is 2.21. The van der Waals surface area contributed by atoms with Crippen LogP contribution in [0.5, 0.6) is 5.75 Å². The molecule has 0 aromatic heterocycles. The van der Waals surface area contributed by atoms with Crippen LogP contribution in [0.3, 0.4) is 0 Å². The van der Waals surface area contributed by atoms with Gasteiger partial charge in [0.25, 0.3) is 5.91 Å². The van der Waals surface area contributed by atoms with Gasteiger partial charge in [0.2, 0.25) is 0 Å². The molecule has 1 aromatic carbocycles. The lowest BCUT2D eigenvalue weighted by Crippen LogP contribution is -2.49. The number of carboxylic acid groups (broad SMARTS) is 1. The summed E-state index contributed by atoms with van der Waals surface area (Å²) < 4.78 is 18.6. The van der Waals surface area contributed by atoms with Crippen LogP contribution in [0, 0.1) is 11.2 Å². The third kappa shape index (κ3) is 3.69. The van der Waals surface area contributed by atoms with Crippen LogP contribution < -0.4 is 10.1 Å². The molecule has 0 unspecified atom stereocenters. The minimum atomic E-state index is -1.17. The highest BCUT2D eigenvalue weighted by Gasteiger charge is 2.33. The van der Waals surface area contributed by atoms with Gasteiger partial charge in [-0.2, -0.15) is 0 Å². The van der Waals surface area contributed by atoms with E-state index < -0.39 is 29.2 Å². The van der Waals surface area contributed by atoms with Crippen molar-refractivity contribution in [2.45, 2.75) is 26.8 Å². The first kappa shape index (κ1) is 15.9.